The monoisotopic (exact) mass is 258 g/mol. The van der Waals surface area contributed by atoms with Gasteiger partial charge < -0.3 is 15.5 Å². The first-order valence-corrected chi connectivity index (χ1v) is 5.48. The van der Waals surface area contributed by atoms with E-state index in [-0.39, 0.29) is 11.8 Å². The van der Waals surface area contributed by atoms with Crippen LogP contribution in [-0.4, -0.2) is 26.1 Å². The summed E-state index contributed by atoms with van der Waals surface area (Å²) in [5.41, 5.74) is 7.25. The number of benzene rings is 1. The van der Waals surface area contributed by atoms with Crippen LogP contribution in [0.15, 0.2) is 22.6 Å². The lowest BCUT2D eigenvalue weighted by Gasteiger charge is -2.01. The Bertz CT molecular complexity index is 759. The predicted molar refractivity (Wildman–Crippen MR) is 67.5 cm³/mol. The number of carbonyl (C=O) groups excluding carboxylic acids is 1. The Morgan fingerprint density at radius 2 is 2.26 bits per heavy atom. The molecule has 4 N–H and O–H groups in total. The second-order valence-corrected chi connectivity index (χ2v) is 3.91. The topological polar surface area (TPSA) is 123 Å². The fraction of sp³-hybridized carbons (Fsp3) is 0.0909. The van der Waals surface area contributed by atoms with Gasteiger partial charge in [0.2, 0.25) is 11.8 Å². The molecule has 19 heavy (non-hydrogen) atoms. The van der Waals surface area contributed by atoms with E-state index < -0.39 is 5.91 Å². The molecule has 1 aromatic carbocycles. The SMILES string of the molecule is Cc1nc2cc(NC(=O)c3nc(N)n[nH]3)ccc2o1. The molecule has 0 aliphatic rings. The van der Waals surface area contributed by atoms with Crippen LogP contribution in [0.2, 0.25) is 0 Å². The van der Waals surface area contributed by atoms with E-state index in [0.29, 0.717) is 22.7 Å². The van der Waals surface area contributed by atoms with E-state index in [0.717, 1.165) is 0 Å². The fourth-order valence-corrected chi connectivity index (χ4v) is 1.69. The van der Waals surface area contributed by atoms with Gasteiger partial charge in [0.1, 0.15) is 5.52 Å². The molecule has 2 aromatic heterocycles. The van der Waals surface area contributed by atoms with Gasteiger partial charge >= 0.3 is 0 Å². The van der Waals surface area contributed by atoms with E-state index in [4.69, 9.17) is 10.2 Å². The van der Waals surface area contributed by atoms with Crippen molar-refractivity contribution in [2.75, 3.05) is 11.1 Å². The molecule has 2 heterocycles. The van der Waals surface area contributed by atoms with Crippen LogP contribution in [0.25, 0.3) is 11.1 Å². The van der Waals surface area contributed by atoms with Crippen molar-refractivity contribution in [1.82, 2.24) is 20.2 Å². The molecule has 0 aliphatic heterocycles. The quantitative estimate of drug-likeness (QED) is 0.632. The Labute approximate surface area is 107 Å². The molecule has 8 nitrogen and oxygen atoms in total. The van der Waals surface area contributed by atoms with Gasteiger partial charge in [-0.25, -0.2) is 4.98 Å². The maximum absolute atomic E-state index is 11.8. The molecule has 0 saturated heterocycles. The molecule has 3 rings (SSSR count). The number of oxazole rings is 1. The van der Waals surface area contributed by atoms with Gasteiger partial charge in [-0.05, 0) is 18.2 Å². The third-order valence-electron chi connectivity index (χ3n) is 2.47. The van der Waals surface area contributed by atoms with E-state index >= 15 is 0 Å². The average molecular weight is 258 g/mol. The van der Waals surface area contributed by atoms with Crippen LogP contribution < -0.4 is 11.1 Å². The van der Waals surface area contributed by atoms with Gasteiger partial charge in [-0.3, -0.25) is 9.89 Å². The van der Waals surface area contributed by atoms with E-state index in [1.807, 2.05) is 0 Å². The highest BCUT2D eigenvalue weighted by molar-refractivity contribution is 6.02. The lowest BCUT2D eigenvalue weighted by Crippen LogP contribution is -2.13. The van der Waals surface area contributed by atoms with Crippen molar-refractivity contribution in [2.45, 2.75) is 6.92 Å². The number of aromatic amines is 1. The normalized spacial score (nSPS) is 10.8. The summed E-state index contributed by atoms with van der Waals surface area (Å²) in [4.78, 5) is 19.7. The van der Waals surface area contributed by atoms with E-state index in [2.05, 4.69) is 25.5 Å². The van der Waals surface area contributed by atoms with E-state index in [1.54, 1.807) is 25.1 Å². The van der Waals surface area contributed by atoms with Gasteiger partial charge in [-0.15, -0.1) is 5.10 Å². The van der Waals surface area contributed by atoms with Crippen molar-refractivity contribution >= 4 is 28.6 Å². The number of hydrogen-bond donors (Lipinski definition) is 3. The smallest absolute Gasteiger partial charge is 0.293 e. The molecule has 1 amide bonds. The van der Waals surface area contributed by atoms with Crippen molar-refractivity contribution < 1.29 is 9.21 Å². The molecule has 3 aromatic rings. The molecule has 0 spiro atoms. The first kappa shape index (κ1) is 11.2. The van der Waals surface area contributed by atoms with Crippen molar-refractivity contribution in [3.8, 4) is 0 Å². The minimum absolute atomic E-state index is 0.0210. The number of aromatic nitrogens is 4. The molecule has 0 saturated carbocycles. The Balaban J connectivity index is 1.86. The average Bonchev–Trinajstić information content (AvgIpc) is 2.93. The zero-order chi connectivity index (χ0) is 13.4. The molecule has 0 radical (unpaired) electrons. The highest BCUT2D eigenvalue weighted by Crippen LogP contribution is 2.19. The lowest BCUT2D eigenvalue weighted by molar-refractivity contribution is 0.101. The maximum Gasteiger partial charge on any atom is 0.293 e. The summed E-state index contributed by atoms with van der Waals surface area (Å²) in [6.45, 7) is 1.76. The Hall–Kier alpha value is -2.90. The van der Waals surface area contributed by atoms with Crippen LogP contribution in [-0.2, 0) is 0 Å². The summed E-state index contributed by atoms with van der Waals surface area (Å²) < 4.78 is 5.35. The van der Waals surface area contributed by atoms with Crippen LogP contribution in [0.3, 0.4) is 0 Å². The summed E-state index contributed by atoms with van der Waals surface area (Å²) in [7, 11) is 0. The second-order valence-electron chi connectivity index (χ2n) is 3.91. The van der Waals surface area contributed by atoms with Crippen LogP contribution in [0.5, 0.6) is 0 Å². The standard InChI is InChI=1S/C11H10N6O2/c1-5-13-7-4-6(2-3-8(7)19-5)14-10(18)9-15-11(12)17-16-9/h2-4H,1H3,(H,14,18)(H3,12,15,16,17). The van der Waals surface area contributed by atoms with Gasteiger partial charge in [-0.1, -0.05) is 0 Å². The number of hydrogen-bond acceptors (Lipinski definition) is 6. The largest absolute Gasteiger partial charge is 0.441 e. The number of H-pyrrole nitrogens is 1. The predicted octanol–water partition coefficient (Wildman–Crippen LogP) is 1.09. The van der Waals surface area contributed by atoms with E-state index in [9.17, 15) is 4.79 Å². The molecule has 0 bridgehead atoms. The van der Waals surface area contributed by atoms with Crippen LogP contribution in [0, 0.1) is 6.92 Å². The number of fused-ring (bicyclic) bond motifs is 1. The molecule has 0 atom stereocenters. The number of nitrogens with two attached hydrogens (primary N) is 1. The maximum atomic E-state index is 11.8. The zero-order valence-electron chi connectivity index (χ0n) is 9.97. The van der Waals surface area contributed by atoms with E-state index in [1.165, 1.54) is 0 Å². The highest BCUT2D eigenvalue weighted by Gasteiger charge is 2.11. The Morgan fingerprint density at radius 3 is 3.00 bits per heavy atom. The van der Waals surface area contributed by atoms with Gasteiger partial charge in [0.25, 0.3) is 5.91 Å². The number of nitrogens with one attached hydrogen (secondary N) is 2. The Morgan fingerprint density at radius 1 is 1.42 bits per heavy atom. The number of aryl methyl sites for hydroxylation is 1. The summed E-state index contributed by atoms with van der Waals surface area (Å²) in [5.74, 6) is 0.215. The van der Waals surface area contributed by atoms with Gasteiger partial charge in [-0.2, -0.15) is 4.98 Å². The third-order valence-corrected chi connectivity index (χ3v) is 2.47. The first-order chi connectivity index (χ1) is 9.11. The number of anilines is 2. The number of rotatable bonds is 2. The summed E-state index contributed by atoms with van der Waals surface area (Å²) in [5, 5.41) is 8.68. The van der Waals surface area contributed by atoms with Crippen molar-refractivity contribution in [3.63, 3.8) is 0 Å². The molecule has 0 unspecified atom stereocenters. The molecule has 96 valence electrons. The van der Waals surface area contributed by atoms with Crippen molar-refractivity contribution in [3.05, 3.63) is 29.9 Å². The second kappa shape index (κ2) is 4.09. The molecule has 0 fully saturated rings. The van der Waals surface area contributed by atoms with Crippen molar-refractivity contribution in [1.29, 1.82) is 0 Å². The van der Waals surface area contributed by atoms with Crippen LogP contribution in [0.1, 0.15) is 16.5 Å². The van der Waals surface area contributed by atoms with Gasteiger partial charge in [0, 0.05) is 12.6 Å². The highest BCUT2D eigenvalue weighted by atomic mass is 16.3. The minimum atomic E-state index is -0.427. The number of amides is 1. The number of nitrogens with zero attached hydrogens (tertiary/aromatic N) is 3. The molecular weight excluding hydrogens is 248 g/mol. The number of carbonyl (C=O) groups is 1. The summed E-state index contributed by atoms with van der Waals surface area (Å²) in [6.07, 6.45) is 0. The lowest BCUT2D eigenvalue weighted by atomic mass is 10.3. The first-order valence-electron chi connectivity index (χ1n) is 5.48. The number of nitrogen functional groups attached to an aromatic ring is 1. The van der Waals surface area contributed by atoms with Gasteiger partial charge in [0.05, 0.1) is 0 Å². The fourth-order valence-electron chi connectivity index (χ4n) is 1.69. The molecular formula is C11H10N6O2. The van der Waals surface area contributed by atoms with Crippen LogP contribution in [0.4, 0.5) is 11.6 Å². The molecule has 8 heteroatoms. The van der Waals surface area contributed by atoms with Gasteiger partial charge in [0.15, 0.2) is 11.5 Å². The van der Waals surface area contributed by atoms with Crippen LogP contribution >= 0.6 is 0 Å². The summed E-state index contributed by atoms with van der Waals surface area (Å²) in [6, 6.07) is 5.16. The summed E-state index contributed by atoms with van der Waals surface area (Å²) >= 11 is 0. The third kappa shape index (κ3) is 2.10. The molecule has 0 aliphatic carbocycles. The zero-order valence-corrected chi connectivity index (χ0v) is 9.97. The Kier molecular flexibility index (Phi) is 2.41. The van der Waals surface area contributed by atoms with Crippen molar-refractivity contribution in [2.24, 2.45) is 0 Å². The minimum Gasteiger partial charge on any atom is -0.441 e.